The van der Waals surface area contributed by atoms with E-state index in [1.54, 1.807) is 19.2 Å². The number of hydrogen-bond acceptors (Lipinski definition) is 2. The van der Waals surface area contributed by atoms with Crippen molar-refractivity contribution in [2.45, 2.75) is 18.8 Å². The molecule has 1 saturated heterocycles. The summed E-state index contributed by atoms with van der Waals surface area (Å²) >= 11 is 0. The van der Waals surface area contributed by atoms with Gasteiger partial charge in [0.2, 0.25) is 5.91 Å². The minimum Gasteiger partial charge on any atom is -0.354 e. The van der Waals surface area contributed by atoms with Crippen molar-refractivity contribution < 1.29 is 9.18 Å². The Bertz CT molecular complexity index is 792. The molecule has 0 radical (unpaired) electrons. The fourth-order valence-electron chi connectivity index (χ4n) is 3.51. The maximum Gasteiger partial charge on any atom is 0.224 e. The van der Waals surface area contributed by atoms with Crippen LogP contribution < -0.4 is 10.6 Å². The Balaban J connectivity index is 1.39. The first kappa shape index (κ1) is 19.9. The predicted molar refractivity (Wildman–Crippen MR) is 110 cm³/mol. The fourth-order valence-corrected chi connectivity index (χ4v) is 3.51. The molecule has 1 aliphatic heterocycles. The van der Waals surface area contributed by atoms with Crippen LogP contribution in [0, 0.1) is 5.82 Å². The van der Waals surface area contributed by atoms with Gasteiger partial charge in [-0.1, -0.05) is 42.5 Å². The number of halogens is 1. The van der Waals surface area contributed by atoms with Crippen molar-refractivity contribution in [2.24, 2.45) is 4.99 Å². The molecule has 0 aliphatic carbocycles. The minimum absolute atomic E-state index is 0.0753. The first-order valence-corrected chi connectivity index (χ1v) is 9.67. The molecule has 2 aromatic rings. The zero-order valence-electron chi connectivity index (χ0n) is 16.2. The molecule has 1 aliphatic rings. The molecule has 1 fully saturated rings. The zero-order valence-corrected chi connectivity index (χ0v) is 16.2. The Morgan fingerprint density at radius 2 is 1.82 bits per heavy atom. The summed E-state index contributed by atoms with van der Waals surface area (Å²) in [6.07, 6.45) is 1.36. The Hall–Kier alpha value is -2.89. The maximum absolute atomic E-state index is 12.9. The predicted octanol–water partition coefficient (Wildman–Crippen LogP) is 2.55. The van der Waals surface area contributed by atoms with E-state index < -0.39 is 0 Å². The van der Waals surface area contributed by atoms with Gasteiger partial charge in [-0.25, -0.2) is 4.39 Å². The highest BCUT2D eigenvalue weighted by Crippen LogP contribution is 2.26. The van der Waals surface area contributed by atoms with Gasteiger partial charge >= 0.3 is 0 Å². The standard InChI is InChI=1S/C22H27FN4O/c1-24-22(27-14-11-19(16-27)18-5-3-2-4-6-18)26-13-12-25-21(28)15-17-7-9-20(23)10-8-17/h2-10,19H,11-16H2,1H3,(H,24,26)(H,25,28). The average Bonchev–Trinajstić information content (AvgIpc) is 3.20. The van der Waals surface area contributed by atoms with E-state index in [2.05, 4.69) is 44.8 Å². The van der Waals surface area contributed by atoms with Gasteiger partial charge in [0.15, 0.2) is 5.96 Å². The molecule has 1 unspecified atom stereocenters. The van der Waals surface area contributed by atoms with Gasteiger partial charge in [-0.2, -0.15) is 0 Å². The summed E-state index contributed by atoms with van der Waals surface area (Å²) in [5, 5.41) is 6.20. The van der Waals surface area contributed by atoms with Crippen molar-refractivity contribution >= 4 is 11.9 Å². The second-order valence-corrected chi connectivity index (χ2v) is 6.97. The minimum atomic E-state index is -0.295. The first-order valence-electron chi connectivity index (χ1n) is 9.67. The number of benzene rings is 2. The number of likely N-dealkylation sites (tertiary alicyclic amines) is 1. The summed E-state index contributed by atoms with van der Waals surface area (Å²) in [5.41, 5.74) is 2.17. The molecule has 0 bridgehead atoms. The summed E-state index contributed by atoms with van der Waals surface area (Å²) in [6, 6.07) is 16.6. The largest absolute Gasteiger partial charge is 0.354 e. The summed E-state index contributed by atoms with van der Waals surface area (Å²) in [7, 11) is 1.78. The van der Waals surface area contributed by atoms with Crippen LogP contribution in [0.4, 0.5) is 4.39 Å². The monoisotopic (exact) mass is 382 g/mol. The molecule has 28 heavy (non-hydrogen) atoms. The van der Waals surface area contributed by atoms with Gasteiger partial charge in [0.1, 0.15) is 5.82 Å². The lowest BCUT2D eigenvalue weighted by atomic mass is 9.99. The molecule has 0 spiro atoms. The summed E-state index contributed by atoms with van der Waals surface area (Å²) in [4.78, 5) is 18.6. The smallest absolute Gasteiger partial charge is 0.224 e. The summed E-state index contributed by atoms with van der Waals surface area (Å²) in [6.45, 7) is 3.03. The molecule has 2 aromatic carbocycles. The molecule has 0 aromatic heterocycles. The van der Waals surface area contributed by atoms with Crippen molar-refractivity contribution in [3.8, 4) is 0 Å². The van der Waals surface area contributed by atoms with E-state index in [0.717, 1.165) is 31.0 Å². The van der Waals surface area contributed by atoms with Crippen LogP contribution in [0.15, 0.2) is 59.6 Å². The Morgan fingerprint density at radius 3 is 2.54 bits per heavy atom. The van der Waals surface area contributed by atoms with Crippen LogP contribution >= 0.6 is 0 Å². The molecule has 5 nitrogen and oxygen atoms in total. The number of nitrogens with zero attached hydrogens (tertiary/aromatic N) is 2. The summed E-state index contributed by atoms with van der Waals surface area (Å²) in [5.74, 6) is 1.02. The van der Waals surface area contributed by atoms with Gasteiger partial charge in [-0.05, 0) is 29.7 Å². The lowest BCUT2D eigenvalue weighted by molar-refractivity contribution is -0.120. The maximum atomic E-state index is 12.9. The van der Waals surface area contributed by atoms with Crippen LogP contribution in [0.3, 0.4) is 0 Å². The molecule has 1 atom stereocenters. The topological polar surface area (TPSA) is 56.7 Å². The number of carbonyl (C=O) groups excluding carboxylic acids is 1. The van der Waals surface area contributed by atoms with Crippen molar-refractivity contribution in [1.29, 1.82) is 0 Å². The van der Waals surface area contributed by atoms with E-state index in [1.807, 2.05) is 6.07 Å². The van der Waals surface area contributed by atoms with Crippen molar-refractivity contribution in [3.05, 3.63) is 71.5 Å². The highest BCUT2D eigenvalue weighted by atomic mass is 19.1. The highest BCUT2D eigenvalue weighted by Gasteiger charge is 2.25. The molecule has 1 heterocycles. The first-order chi connectivity index (χ1) is 13.7. The van der Waals surface area contributed by atoms with Crippen molar-refractivity contribution in [2.75, 3.05) is 33.2 Å². The normalized spacial score (nSPS) is 16.9. The van der Waals surface area contributed by atoms with Gasteiger partial charge in [-0.3, -0.25) is 9.79 Å². The highest BCUT2D eigenvalue weighted by molar-refractivity contribution is 5.81. The van der Waals surface area contributed by atoms with Crippen molar-refractivity contribution in [1.82, 2.24) is 15.5 Å². The third-order valence-corrected chi connectivity index (χ3v) is 4.98. The lowest BCUT2D eigenvalue weighted by Crippen LogP contribution is -2.43. The van der Waals surface area contributed by atoms with Crippen LogP contribution in [0.25, 0.3) is 0 Å². The van der Waals surface area contributed by atoms with Crippen LogP contribution in [0.1, 0.15) is 23.5 Å². The number of aliphatic imine (C=N–C) groups is 1. The molecule has 148 valence electrons. The van der Waals surface area contributed by atoms with E-state index in [-0.39, 0.29) is 18.1 Å². The average molecular weight is 382 g/mol. The van der Waals surface area contributed by atoms with Crippen LogP contribution in [0.5, 0.6) is 0 Å². The Labute approximate surface area is 165 Å². The number of hydrogen-bond donors (Lipinski definition) is 2. The molecule has 3 rings (SSSR count). The Morgan fingerprint density at radius 1 is 1.11 bits per heavy atom. The zero-order chi connectivity index (χ0) is 19.8. The Kier molecular flexibility index (Phi) is 7.00. The van der Waals surface area contributed by atoms with E-state index in [1.165, 1.54) is 17.7 Å². The van der Waals surface area contributed by atoms with Crippen LogP contribution in [-0.4, -0.2) is 50.0 Å². The van der Waals surface area contributed by atoms with E-state index >= 15 is 0 Å². The van der Waals surface area contributed by atoms with E-state index in [0.29, 0.717) is 19.0 Å². The van der Waals surface area contributed by atoms with Crippen molar-refractivity contribution in [3.63, 3.8) is 0 Å². The van der Waals surface area contributed by atoms with E-state index in [9.17, 15) is 9.18 Å². The molecule has 6 heteroatoms. The quantitative estimate of drug-likeness (QED) is 0.459. The molecule has 2 N–H and O–H groups in total. The van der Waals surface area contributed by atoms with Gasteiger partial charge in [-0.15, -0.1) is 0 Å². The second-order valence-electron chi connectivity index (χ2n) is 6.97. The number of guanidine groups is 1. The van der Waals surface area contributed by atoms with Gasteiger partial charge in [0.25, 0.3) is 0 Å². The van der Waals surface area contributed by atoms with Gasteiger partial charge < -0.3 is 15.5 Å². The number of rotatable bonds is 6. The number of carbonyl (C=O) groups is 1. The third-order valence-electron chi connectivity index (χ3n) is 4.98. The fraction of sp³-hybridized carbons (Fsp3) is 0.364. The third kappa shape index (κ3) is 5.55. The van der Waals surface area contributed by atoms with Gasteiger partial charge in [0, 0.05) is 39.1 Å². The number of nitrogens with one attached hydrogen (secondary N) is 2. The van der Waals surface area contributed by atoms with E-state index in [4.69, 9.17) is 0 Å². The second kappa shape index (κ2) is 9.88. The van der Waals surface area contributed by atoms with Gasteiger partial charge in [0.05, 0.1) is 6.42 Å². The molecule has 0 saturated carbocycles. The molecule has 1 amide bonds. The van der Waals surface area contributed by atoms with Crippen LogP contribution in [-0.2, 0) is 11.2 Å². The van der Waals surface area contributed by atoms with Crippen LogP contribution in [0.2, 0.25) is 0 Å². The molecular weight excluding hydrogens is 355 g/mol. The summed E-state index contributed by atoms with van der Waals surface area (Å²) < 4.78 is 12.9. The SMILES string of the molecule is CN=C(NCCNC(=O)Cc1ccc(F)cc1)N1CCC(c2ccccc2)C1. The molecular formula is C22H27FN4O. The lowest BCUT2D eigenvalue weighted by Gasteiger charge is -2.22. The number of amides is 1.